The quantitative estimate of drug-likeness (QED) is 0.484. The predicted molar refractivity (Wildman–Crippen MR) is 37.1 cm³/mol. The van der Waals surface area contributed by atoms with Crippen LogP contribution in [0.4, 0.5) is 0 Å². The third-order valence-electron chi connectivity index (χ3n) is 2.94. The van der Waals surface area contributed by atoms with E-state index in [4.69, 9.17) is 0 Å². The van der Waals surface area contributed by atoms with Crippen molar-refractivity contribution in [2.45, 2.75) is 27.7 Å². The van der Waals surface area contributed by atoms with E-state index in [-0.39, 0.29) is 5.41 Å². The normalized spacial score (nSPS) is 40.2. The van der Waals surface area contributed by atoms with Crippen molar-refractivity contribution in [2.75, 3.05) is 0 Å². The predicted octanol–water partition coefficient (Wildman–Crippen LogP) is 1.87. The maximum absolute atomic E-state index is 11.1. The molecule has 1 aliphatic rings. The summed E-state index contributed by atoms with van der Waals surface area (Å²) in [6.07, 6.45) is 0. The van der Waals surface area contributed by atoms with Crippen LogP contribution >= 0.6 is 0 Å². The first kappa shape index (κ1) is 6.79. The molecule has 0 unspecified atom stereocenters. The number of ketones is 1. The van der Waals surface area contributed by atoms with Gasteiger partial charge in [0, 0.05) is 11.3 Å². The van der Waals surface area contributed by atoms with E-state index in [9.17, 15) is 4.79 Å². The van der Waals surface area contributed by atoms with E-state index in [0.717, 1.165) is 0 Å². The smallest absolute Gasteiger partial charge is 0.141 e. The monoisotopic (exact) mass is 126 g/mol. The lowest BCUT2D eigenvalue weighted by atomic mass is 9.56. The molecule has 1 fully saturated rings. The van der Waals surface area contributed by atoms with Gasteiger partial charge in [0.15, 0.2) is 0 Å². The highest BCUT2D eigenvalue weighted by molar-refractivity contribution is 5.92. The highest BCUT2D eigenvalue weighted by Gasteiger charge is 2.50. The molecule has 0 radical (unpaired) electrons. The molecule has 1 heteroatoms. The maximum Gasteiger partial charge on any atom is 0.141 e. The molecule has 0 saturated heterocycles. The van der Waals surface area contributed by atoms with Crippen molar-refractivity contribution in [3.05, 3.63) is 0 Å². The second-order valence-corrected chi connectivity index (χ2v) is 3.66. The van der Waals surface area contributed by atoms with E-state index >= 15 is 0 Å². The van der Waals surface area contributed by atoms with Crippen LogP contribution in [0.15, 0.2) is 0 Å². The van der Waals surface area contributed by atoms with Crippen molar-refractivity contribution in [3.8, 4) is 0 Å². The molecule has 0 amide bonds. The van der Waals surface area contributed by atoms with Crippen molar-refractivity contribution in [2.24, 2.45) is 17.3 Å². The first-order chi connectivity index (χ1) is 3.98. The zero-order valence-electron chi connectivity index (χ0n) is 6.56. The first-order valence-electron chi connectivity index (χ1n) is 3.52. The SMILES string of the molecule is C[C@@H]1[C@@H](C)C(=O)C1(C)C. The highest BCUT2D eigenvalue weighted by Crippen LogP contribution is 2.46. The summed E-state index contributed by atoms with van der Waals surface area (Å²) in [4.78, 5) is 11.1. The van der Waals surface area contributed by atoms with Crippen molar-refractivity contribution in [3.63, 3.8) is 0 Å². The lowest BCUT2D eigenvalue weighted by Crippen LogP contribution is -2.51. The fourth-order valence-electron chi connectivity index (χ4n) is 1.57. The molecule has 0 aromatic carbocycles. The van der Waals surface area contributed by atoms with Gasteiger partial charge in [-0.2, -0.15) is 0 Å². The lowest BCUT2D eigenvalue weighted by molar-refractivity contribution is -0.150. The zero-order valence-corrected chi connectivity index (χ0v) is 6.56. The van der Waals surface area contributed by atoms with Crippen molar-refractivity contribution < 1.29 is 4.79 Å². The Morgan fingerprint density at radius 2 is 1.78 bits per heavy atom. The van der Waals surface area contributed by atoms with Crippen LogP contribution in [-0.2, 0) is 4.79 Å². The van der Waals surface area contributed by atoms with Crippen molar-refractivity contribution in [1.82, 2.24) is 0 Å². The number of rotatable bonds is 0. The summed E-state index contributed by atoms with van der Waals surface area (Å²) in [5.41, 5.74) is -0.0284. The van der Waals surface area contributed by atoms with E-state index in [0.29, 0.717) is 17.6 Å². The molecule has 9 heavy (non-hydrogen) atoms. The summed E-state index contributed by atoms with van der Waals surface area (Å²) < 4.78 is 0. The van der Waals surface area contributed by atoms with Crippen LogP contribution in [0.2, 0.25) is 0 Å². The maximum atomic E-state index is 11.1. The van der Waals surface area contributed by atoms with Gasteiger partial charge in [0.05, 0.1) is 0 Å². The summed E-state index contributed by atoms with van der Waals surface area (Å²) in [7, 11) is 0. The minimum Gasteiger partial charge on any atom is -0.299 e. The van der Waals surface area contributed by atoms with Gasteiger partial charge >= 0.3 is 0 Å². The molecule has 0 N–H and O–H groups in total. The van der Waals surface area contributed by atoms with Gasteiger partial charge in [-0.3, -0.25) is 4.79 Å². The van der Waals surface area contributed by atoms with Gasteiger partial charge in [0.1, 0.15) is 5.78 Å². The molecule has 0 aromatic heterocycles. The van der Waals surface area contributed by atoms with Gasteiger partial charge in [-0.1, -0.05) is 27.7 Å². The summed E-state index contributed by atoms with van der Waals surface area (Å²) in [5, 5.41) is 0. The number of Topliss-reactive ketones (excluding diaryl/α,β-unsaturated/α-hetero) is 1. The fourth-order valence-corrected chi connectivity index (χ4v) is 1.57. The summed E-state index contributed by atoms with van der Waals surface area (Å²) >= 11 is 0. The largest absolute Gasteiger partial charge is 0.299 e. The average molecular weight is 126 g/mol. The molecular formula is C8H14O. The lowest BCUT2D eigenvalue weighted by Gasteiger charge is -2.46. The number of hydrogen-bond acceptors (Lipinski definition) is 1. The molecule has 1 rings (SSSR count). The molecular weight excluding hydrogens is 112 g/mol. The van der Waals surface area contributed by atoms with Gasteiger partial charge in [0.2, 0.25) is 0 Å². The fraction of sp³-hybridized carbons (Fsp3) is 0.875. The van der Waals surface area contributed by atoms with E-state index in [1.165, 1.54) is 0 Å². The molecule has 52 valence electrons. The van der Waals surface area contributed by atoms with Crippen LogP contribution in [0.1, 0.15) is 27.7 Å². The Kier molecular flexibility index (Phi) is 1.20. The second-order valence-electron chi connectivity index (χ2n) is 3.66. The van der Waals surface area contributed by atoms with Gasteiger partial charge in [-0.25, -0.2) is 0 Å². The van der Waals surface area contributed by atoms with Crippen molar-refractivity contribution >= 4 is 5.78 Å². The van der Waals surface area contributed by atoms with E-state index < -0.39 is 0 Å². The van der Waals surface area contributed by atoms with Gasteiger partial charge < -0.3 is 0 Å². The molecule has 0 heterocycles. The highest BCUT2D eigenvalue weighted by atomic mass is 16.1. The Hall–Kier alpha value is -0.330. The van der Waals surface area contributed by atoms with Gasteiger partial charge in [-0.05, 0) is 5.92 Å². The van der Waals surface area contributed by atoms with Crippen LogP contribution in [0, 0.1) is 17.3 Å². The van der Waals surface area contributed by atoms with Gasteiger partial charge in [-0.15, -0.1) is 0 Å². The third-order valence-corrected chi connectivity index (χ3v) is 2.94. The topological polar surface area (TPSA) is 17.1 Å². The van der Waals surface area contributed by atoms with E-state index in [2.05, 4.69) is 6.92 Å². The molecule has 2 atom stereocenters. The Morgan fingerprint density at radius 1 is 1.33 bits per heavy atom. The van der Waals surface area contributed by atoms with Crippen molar-refractivity contribution in [1.29, 1.82) is 0 Å². The molecule has 0 spiro atoms. The van der Waals surface area contributed by atoms with Crippen LogP contribution in [0.5, 0.6) is 0 Å². The van der Waals surface area contributed by atoms with E-state index in [1.807, 2.05) is 20.8 Å². The van der Waals surface area contributed by atoms with Gasteiger partial charge in [0.25, 0.3) is 0 Å². The summed E-state index contributed by atoms with van der Waals surface area (Å²) in [6.45, 7) is 8.21. The first-order valence-corrected chi connectivity index (χ1v) is 3.52. The zero-order chi connectivity index (χ0) is 7.23. The summed E-state index contributed by atoms with van der Waals surface area (Å²) in [5.74, 6) is 1.31. The Balaban J connectivity index is 2.73. The van der Waals surface area contributed by atoms with Crippen LogP contribution in [0.3, 0.4) is 0 Å². The Bertz CT molecular complexity index is 147. The minimum atomic E-state index is -0.0284. The molecule has 0 bridgehead atoms. The minimum absolute atomic E-state index is 0.0284. The van der Waals surface area contributed by atoms with Crippen LogP contribution in [-0.4, -0.2) is 5.78 Å². The average Bonchev–Trinajstić information content (AvgIpc) is 1.84. The standard InChI is InChI=1S/C8H14O/c1-5-6(2)8(3,4)7(5)9/h5-6H,1-4H3/t5-,6-/m1/s1. The molecule has 1 aliphatic carbocycles. The van der Waals surface area contributed by atoms with E-state index in [1.54, 1.807) is 0 Å². The Labute approximate surface area is 56.4 Å². The number of carbonyl (C=O) groups is 1. The third kappa shape index (κ3) is 0.637. The van der Waals surface area contributed by atoms with Crippen LogP contribution < -0.4 is 0 Å². The molecule has 1 saturated carbocycles. The second kappa shape index (κ2) is 1.59. The molecule has 0 aliphatic heterocycles. The molecule has 0 aromatic rings. The molecule has 1 nitrogen and oxygen atoms in total. The number of carbonyl (C=O) groups excluding carboxylic acids is 1. The Morgan fingerprint density at radius 3 is 1.89 bits per heavy atom. The summed E-state index contributed by atoms with van der Waals surface area (Å²) in [6, 6.07) is 0. The number of hydrogen-bond donors (Lipinski definition) is 0. The van der Waals surface area contributed by atoms with Crippen LogP contribution in [0.25, 0.3) is 0 Å².